The van der Waals surface area contributed by atoms with Crippen LogP contribution in [0.3, 0.4) is 0 Å². The average molecular weight is 312 g/mol. The van der Waals surface area contributed by atoms with Gasteiger partial charge in [-0.2, -0.15) is 5.26 Å². The zero-order chi connectivity index (χ0) is 16.4. The first kappa shape index (κ1) is 14.7. The Morgan fingerprint density at radius 2 is 1.70 bits per heavy atom. The summed E-state index contributed by atoms with van der Waals surface area (Å²) in [6, 6.07) is 10.9. The third kappa shape index (κ3) is 2.87. The van der Waals surface area contributed by atoms with Crippen LogP contribution in [0, 0.1) is 23.0 Å². The van der Waals surface area contributed by atoms with Gasteiger partial charge in [0, 0.05) is 12.1 Å². The fourth-order valence-electron chi connectivity index (χ4n) is 2.01. The summed E-state index contributed by atoms with van der Waals surface area (Å²) < 4.78 is 31.5. The summed E-state index contributed by atoms with van der Waals surface area (Å²) in [7, 11) is 1.56. The van der Waals surface area contributed by atoms with Crippen LogP contribution in [0.2, 0.25) is 0 Å². The lowest BCUT2D eigenvalue weighted by Crippen LogP contribution is -1.99. The van der Waals surface area contributed by atoms with Gasteiger partial charge in [0.2, 0.25) is 0 Å². The van der Waals surface area contributed by atoms with Gasteiger partial charge < -0.3 is 4.74 Å². The minimum absolute atomic E-state index is 0.118. The van der Waals surface area contributed by atoms with Crippen LogP contribution in [-0.4, -0.2) is 22.1 Å². The number of hydrogen-bond acceptors (Lipinski definition) is 4. The van der Waals surface area contributed by atoms with Gasteiger partial charge in [-0.15, -0.1) is 15.0 Å². The molecule has 1 aromatic heterocycles. The number of nitriles is 1. The van der Waals surface area contributed by atoms with Crippen LogP contribution in [0.25, 0.3) is 22.8 Å². The zero-order valence-electron chi connectivity index (χ0n) is 12.0. The van der Waals surface area contributed by atoms with Crippen molar-refractivity contribution in [2.24, 2.45) is 0 Å². The van der Waals surface area contributed by atoms with E-state index in [-0.39, 0.29) is 16.7 Å². The number of aromatic nitrogens is 3. The number of hydrogen-bond donors (Lipinski definition) is 0. The Kier molecular flexibility index (Phi) is 3.73. The molecule has 0 aliphatic rings. The second-order valence-corrected chi connectivity index (χ2v) is 4.66. The first-order valence-corrected chi connectivity index (χ1v) is 6.59. The van der Waals surface area contributed by atoms with Gasteiger partial charge in [-0.3, -0.25) is 0 Å². The van der Waals surface area contributed by atoms with Gasteiger partial charge in [0.25, 0.3) is 0 Å². The molecule has 5 nitrogen and oxygen atoms in total. The Bertz CT molecular complexity index is 900. The lowest BCUT2D eigenvalue weighted by atomic mass is 10.2. The quantitative estimate of drug-likeness (QED) is 0.696. The number of nitrogens with zero attached hydrogens (tertiary/aromatic N) is 4. The van der Waals surface area contributed by atoms with Crippen molar-refractivity contribution in [1.82, 2.24) is 15.0 Å². The topological polar surface area (TPSA) is 63.7 Å². The maximum Gasteiger partial charge on any atom is 0.163 e. The molecule has 0 saturated heterocycles. The average Bonchev–Trinajstić information content (AvgIpc) is 2.96. The van der Waals surface area contributed by atoms with Gasteiger partial charge in [0.1, 0.15) is 22.9 Å². The second-order valence-electron chi connectivity index (χ2n) is 4.66. The molecule has 0 saturated carbocycles. The molecule has 114 valence electrons. The van der Waals surface area contributed by atoms with E-state index in [2.05, 4.69) is 10.2 Å². The lowest BCUT2D eigenvalue weighted by Gasteiger charge is -2.00. The molecule has 7 heteroatoms. The van der Waals surface area contributed by atoms with Gasteiger partial charge in [-0.1, -0.05) is 12.1 Å². The maximum atomic E-state index is 13.2. The number of ether oxygens (including phenoxy) is 1. The molecule has 0 amide bonds. The van der Waals surface area contributed by atoms with Crippen molar-refractivity contribution in [2.45, 2.75) is 0 Å². The summed E-state index contributed by atoms with van der Waals surface area (Å²) in [6.07, 6.45) is 1.56. The zero-order valence-corrected chi connectivity index (χ0v) is 12.0. The van der Waals surface area contributed by atoms with Crippen LogP contribution in [0.4, 0.5) is 8.78 Å². The van der Waals surface area contributed by atoms with Gasteiger partial charge in [-0.25, -0.2) is 8.78 Å². The highest BCUT2D eigenvalue weighted by Crippen LogP contribution is 2.18. The number of halogens is 2. The first-order valence-electron chi connectivity index (χ1n) is 6.59. The van der Waals surface area contributed by atoms with Crippen molar-refractivity contribution in [3.05, 3.63) is 53.6 Å². The largest absolute Gasteiger partial charge is 0.497 e. The highest BCUT2D eigenvalue weighted by molar-refractivity contribution is 5.81. The van der Waals surface area contributed by atoms with Crippen molar-refractivity contribution in [3.8, 4) is 11.8 Å². The molecule has 2 aromatic carbocycles. The van der Waals surface area contributed by atoms with Crippen LogP contribution < -0.4 is 4.74 Å². The van der Waals surface area contributed by atoms with Crippen molar-refractivity contribution in [3.63, 3.8) is 0 Å². The van der Waals surface area contributed by atoms with Crippen molar-refractivity contribution in [2.75, 3.05) is 7.11 Å². The van der Waals surface area contributed by atoms with Crippen molar-refractivity contribution >= 4 is 22.8 Å². The fourth-order valence-corrected chi connectivity index (χ4v) is 2.01. The molecule has 0 aliphatic carbocycles. The first-order chi connectivity index (χ1) is 11.1. The predicted octanol–water partition coefficient (Wildman–Crippen LogP) is 3.24. The Labute approximate surface area is 130 Å². The number of benzene rings is 2. The summed E-state index contributed by atoms with van der Waals surface area (Å²) in [5.41, 5.74) is 1.19. The minimum Gasteiger partial charge on any atom is -0.497 e. The molecule has 0 N–H and O–H groups in total. The summed E-state index contributed by atoms with van der Waals surface area (Å²) in [4.78, 5) is 1.05. The summed E-state index contributed by atoms with van der Waals surface area (Å²) >= 11 is 0. The minimum atomic E-state index is -1.01. The van der Waals surface area contributed by atoms with E-state index in [4.69, 9.17) is 4.74 Å². The third-order valence-corrected chi connectivity index (χ3v) is 3.17. The molecule has 23 heavy (non-hydrogen) atoms. The van der Waals surface area contributed by atoms with Gasteiger partial charge in [-0.05, 0) is 23.8 Å². The van der Waals surface area contributed by atoms with Gasteiger partial charge in [0.15, 0.2) is 17.3 Å². The van der Waals surface area contributed by atoms with E-state index < -0.39 is 11.6 Å². The molecule has 0 spiro atoms. The molecule has 0 radical (unpaired) electrons. The highest BCUT2D eigenvalue weighted by atomic mass is 19.2. The van der Waals surface area contributed by atoms with E-state index in [0.29, 0.717) is 5.75 Å². The molecular weight excluding hydrogens is 302 g/mol. The predicted molar refractivity (Wildman–Crippen MR) is 80.2 cm³/mol. The van der Waals surface area contributed by atoms with Crippen LogP contribution in [0.1, 0.15) is 5.56 Å². The Balaban J connectivity index is 2.03. The fraction of sp³-hybridized carbons (Fsp3) is 0.0625. The number of allylic oxidation sites excluding steroid dienone is 1. The Morgan fingerprint density at radius 3 is 2.17 bits per heavy atom. The molecule has 0 bridgehead atoms. The normalized spacial score (nSPS) is 11.5. The van der Waals surface area contributed by atoms with Crippen LogP contribution >= 0.6 is 0 Å². The second kappa shape index (κ2) is 5.85. The third-order valence-electron chi connectivity index (χ3n) is 3.17. The molecule has 1 heterocycles. The Morgan fingerprint density at radius 1 is 1.13 bits per heavy atom. The highest BCUT2D eigenvalue weighted by Gasteiger charge is 2.11. The monoisotopic (exact) mass is 312 g/mol. The van der Waals surface area contributed by atoms with Crippen LogP contribution in [-0.2, 0) is 0 Å². The molecule has 0 aliphatic heterocycles. The number of rotatable bonds is 3. The molecule has 3 rings (SSSR count). The van der Waals surface area contributed by atoms with Crippen LogP contribution in [0.15, 0.2) is 36.4 Å². The van der Waals surface area contributed by atoms with E-state index in [9.17, 15) is 14.0 Å². The van der Waals surface area contributed by atoms with E-state index in [1.54, 1.807) is 37.5 Å². The van der Waals surface area contributed by atoms with Gasteiger partial charge >= 0.3 is 0 Å². The lowest BCUT2D eigenvalue weighted by molar-refractivity contribution is 0.415. The van der Waals surface area contributed by atoms with E-state index in [1.165, 1.54) is 0 Å². The van der Waals surface area contributed by atoms with Gasteiger partial charge in [0.05, 0.1) is 7.11 Å². The van der Waals surface area contributed by atoms with Crippen LogP contribution in [0.5, 0.6) is 5.75 Å². The summed E-state index contributed by atoms with van der Waals surface area (Å²) in [6.45, 7) is 0. The molecule has 0 fully saturated rings. The summed E-state index contributed by atoms with van der Waals surface area (Å²) in [5, 5.41) is 17.3. The maximum absolute atomic E-state index is 13.2. The van der Waals surface area contributed by atoms with E-state index >= 15 is 0 Å². The van der Waals surface area contributed by atoms with E-state index in [1.807, 2.05) is 6.07 Å². The molecule has 0 unspecified atom stereocenters. The molecule has 3 aromatic rings. The Hall–Kier alpha value is -3.27. The number of methoxy groups -OCH3 is 1. The SMILES string of the molecule is COc1ccc(/C=C(\C#N)n2nc3cc(F)c(F)cc3n2)cc1. The van der Waals surface area contributed by atoms with E-state index in [0.717, 1.165) is 22.5 Å². The van der Waals surface area contributed by atoms with Crippen molar-refractivity contribution < 1.29 is 13.5 Å². The van der Waals surface area contributed by atoms with Crippen molar-refractivity contribution in [1.29, 1.82) is 5.26 Å². The molecular formula is C16H10F2N4O. The standard InChI is InChI=1S/C16H10F2N4O/c1-23-12-4-2-10(3-5-12)6-11(9-19)22-20-15-7-13(17)14(18)8-16(15)21-22/h2-8H,1H3/b11-6+. The smallest absolute Gasteiger partial charge is 0.163 e. The summed E-state index contributed by atoms with van der Waals surface area (Å²) in [5.74, 6) is -1.33. The molecule has 0 atom stereocenters. The number of fused-ring (bicyclic) bond motifs is 1.